The van der Waals surface area contributed by atoms with Gasteiger partial charge in [-0.1, -0.05) is 48.5 Å². The summed E-state index contributed by atoms with van der Waals surface area (Å²) in [5, 5.41) is 10.1. The van der Waals surface area contributed by atoms with Gasteiger partial charge in [0.2, 0.25) is 0 Å². The highest BCUT2D eigenvalue weighted by Crippen LogP contribution is 2.44. The molecule has 1 aliphatic rings. The van der Waals surface area contributed by atoms with Crippen LogP contribution in [0.3, 0.4) is 0 Å². The van der Waals surface area contributed by atoms with Gasteiger partial charge in [-0.3, -0.25) is 9.69 Å². The van der Waals surface area contributed by atoms with Crippen LogP contribution in [0.1, 0.15) is 66.5 Å². The lowest BCUT2D eigenvalue weighted by atomic mass is 9.69. The number of fused-ring (bicyclic) bond motifs is 3. The quantitative estimate of drug-likeness (QED) is 0.180. The molecule has 2 atom stereocenters. The molecule has 0 N–H and O–H groups in total. The Kier molecular flexibility index (Phi) is 8.12. The van der Waals surface area contributed by atoms with Crippen molar-refractivity contribution in [1.82, 2.24) is 19.9 Å². The van der Waals surface area contributed by atoms with E-state index in [-0.39, 0.29) is 23.8 Å². The van der Waals surface area contributed by atoms with Gasteiger partial charge < -0.3 is 9.47 Å². The minimum absolute atomic E-state index is 0.00751. The summed E-state index contributed by atoms with van der Waals surface area (Å²) < 4.78 is 28.3. The molecule has 0 bridgehead atoms. The lowest BCUT2D eigenvalue weighted by Crippen LogP contribution is -2.34. The van der Waals surface area contributed by atoms with Gasteiger partial charge in [-0.05, 0) is 91.6 Å². The van der Waals surface area contributed by atoms with Crippen molar-refractivity contribution >= 4 is 27.8 Å². The lowest BCUT2D eigenvalue weighted by molar-refractivity contribution is -0.151. The van der Waals surface area contributed by atoms with E-state index >= 15 is 0 Å². The van der Waals surface area contributed by atoms with E-state index in [2.05, 4.69) is 53.3 Å². The Labute approximate surface area is 263 Å². The molecule has 0 amide bonds. The van der Waals surface area contributed by atoms with Gasteiger partial charge in [-0.2, -0.15) is 0 Å². The first-order valence-corrected chi connectivity index (χ1v) is 15.6. The number of halogens is 1. The summed E-state index contributed by atoms with van der Waals surface area (Å²) >= 11 is 0. The Balaban J connectivity index is 1.41. The van der Waals surface area contributed by atoms with Crippen LogP contribution in [0.4, 0.5) is 4.39 Å². The number of carbonyl (C=O) groups excluding carboxylic acids is 1. The third-order valence-electron chi connectivity index (χ3n) is 9.54. The predicted octanol–water partition coefficient (Wildman–Crippen LogP) is 7.38. The van der Waals surface area contributed by atoms with Crippen molar-refractivity contribution in [2.75, 3.05) is 13.7 Å². The van der Waals surface area contributed by atoms with E-state index in [0.29, 0.717) is 18.5 Å². The van der Waals surface area contributed by atoms with Crippen LogP contribution in [0.2, 0.25) is 0 Å². The van der Waals surface area contributed by atoms with E-state index in [9.17, 15) is 9.18 Å². The van der Waals surface area contributed by atoms with Gasteiger partial charge in [-0.25, -0.2) is 9.07 Å². The number of hydrogen-bond acceptors (Lipinski definition) is 6. The van der Waals surface area contributed by atoms with Crippen molar-refractivity contribution in [3.63, 3.8) is 0 Å². The average molecular weight is 609 g/mol. The highest BCUT2D eigenvalue weighted by molar-refractivity contribution is 5.86. The Morgan fingerprint density at radius 2 is 1.93 bits per heavy atom. The maximum Gasteiger partial charge on any atom is 0.312 e. The maximum absolute atomic E-state index is 14.8. The summed E-state index contributed by atoms with van der Waals surface area (Å²) in [6.07, 6.45) is 0.864. The first-order chi connectivity index (χ1) is 21.5. The summed E-state index contributed by atoms with van der Waals surface area (Å²) in [5.41, 5.74) is 7.26. The number of benzene rings is 4. The normalized spacial score (nSPS) is 16.3. The number of aryl methyl sites for hydroxylation is 3. The molecule has 0 spiro atoms. The van der Waals surface area contributed by atoms with E-state index in [1.165, 1.54) is 18.7 Å². The lowest BCUT2D eigenvalue weighted by Gasteiger charge is -2.34. The molecule has 0 aliphatic carbocycles. The van der Waals surface area contributed by atoms with Crippen molar-refractivity contribution in [3.8, 4) is 5.75 Å². The number of methoxy groups -OCH3 is 1. The van der Waals surface area contributed by atoms with Crippen LogP contribution in [-0.4, -0.2) is 45.6 Å². The highest BCUT2D eigenvalue weighted by atomic mass is 19.1. The molecule has 0 saturated heterocycles. The fourth-order valence-corrected chi connectivity index (χ4v) is 6.90. The molecule has 6 rings (SSSR count). The van der Waals surface area contributed by atoms with Crippen molar-refractivity contribution < 1.29 is 18.7 Å². The van der Waals surface area contributed by atoms with Gasteiger partial charge in [0.1, 0.15) is 23.2 Å². The molecule has 1 aromatic heterocycles. The molecule has 234 valence electrons. The SMILES string of the molecule is CC[C@@H]1CN(Cc2cc(C(c3ccc4c(nnn4C)c3C)C(C)(C)C(=O)OC)ccc2C)Cc2cc3c(F)cccc3cc2O1. The van der Waals surface area contributed by atoms with Gasteiger partial charge in [-0.15, -0.1) is 5.10 Å². The Bertz CT molecular complexity index is 1910. The number of rotatable bonds is 7. The second kappa shape index (κ2) is 11.9. The van der Waals surface area contributed by atoms with Crippen LogP contribution in [0.15, 0.2) is 60.7 Å². The Hall–Kier alpha value is -4.30. The minimum atomic E-state index is -0.865. The number of nitrogens with zero attached hydrogens (tertiary/aromatic N) is 4. The predicted molar refractivity (Wildman–Crippen MR) is 175 cm³/mol. The molecule has 0 radical (unpaired) electrons. The van der Waals surface area contributed by atoms with E-state index in [1.807, 2.05) is 52.1 Å². The molecule has 0 fully saturated rings. The third kappa shape index (κ3) is 5.56. The summed E-state index contributed by atoms with van der Waals surface area (Å²) in [6.45, 7) is 12.3. The minimum Gasteiger partial charge on any atom is -0.489 e. The molecular formula is C37H41FN4O3. The Morgan fingerprint density at radius 1 is 1.13 bits per heavy atom. The number of esters is 1. The molecule has 5 aromatic rings. The van der Waals surface area contributed by atoms with E-state index < -0.39 is 5.41 Å². The zero-order valence-corrected chi connectivity index (χ0v) is 27.1. The van der Waals surface area contributed by atoms with Gasteiger partial charge in [0.25, 0.3) is 0 Å². The van der Waals surface area contributed by atoms with Crippen molar-refractivity contribution in [2.45, 2.75) is 66.2 Å². The highest BCUT2D eigenvalue weighted by Gasteiger charge is 2.41. The molecule has 45 heavy (non-hydrogen) atoms. The molecule has 1 unspecified atom stereocenters. The zero-order chi connectivity index (χ0) is 32.0. The second-order valence-electron chi connectivity index (χ2n) is 12.9. The zero-order valence-electron chi connectivity index (χ0n) is 27.1. The van der Waals surface area contributed by atoms with Crippen LogP contribution in [0, 0.1) is 25.1 Å². The van der Waals surface area contributed by atoms with Crippen LogP contribution in [0.25, 0.3) is 21.8 Å². The molecule has 8 heteroatoms. The smallest absolute Gasteiger partial charge is 0.312 e. The summed E-state index contributed by atoms with van der Waals surface area (Å²) in [6, 6.07) is 19.7. The maximum atomic E-state index is 14.8. The largest absolute Gasteiger partial charge is 0.489 e. The first-order valence-electron chi connectivity index (χ1n) is 15.6. The third-order valence-corrected chi connectivity index (χ3v) is 9.54. The van der Waals surface area contributed by atoms with Crippen LogP contribution < -0.4 is 4.74 Å². The van der Waals surface area contributed by atoms with Gasteiger partial charge in [0.05, 0.1) is 18.0 Å². The number of ether oxygens (including phenoxy) is 2. The van der Waals surface area contributed by atoms with Crippen LogP contribution in [-0.2, 0) is 29.7 Å². The van der Waals surface area contributed by atoms with Crippen molar-refractivity contribution in [3.05, 3.63) is 99.9 Å². The summed E-state index contributed by atoms with van der Waals surface area (Å²) in [4.78, 5) is 15.7. The van der Waals surface area contributed by atoms with Gasteiger partial charge in [0, 0.05) is 43.5 Å². The fourth-order valence-electron chi connectivity index (χ4n) is 6.90. The topological polar surface area (TPSA) is 69.5 Å². The fraction of sp³-hybridized carbons (Fsp3) is 0.378. The molecule has 1 aliphatic heterocycles. The van der Waals surface area contributed by atoms with Crippen LogP contribution in [0.5, 0.6) is 5.75 Å². The second-order valence-corrected chi connectivity index (χ2v) is 12.9. The first kappa shape index (κ1) is 30.7. The molecule has 4 aromatic carbocycles. The van der Waals surface area contributed by atoms with Gasteiger partial charge >= 0.3 is 5.97 Å². The molecule has 7 nitrogen and oxygen atoms in total. The molecule has 2 heterocycles. The molecule has 0 saturated carbocycles. The Morgan fingerprint density at radius 3 is 2.69 bits per heavy atom. The molecular weight excluding hydrogens is 567 g/mol. The number of aromatic nitrogens is 3. The van der Waals surface area contributed by atoms with E-state index in [1.54, 1.807) is 10.7 Å². The number of carbonyl (C=O) groups is 1. The standard InChI is InChI=1S/C37H41FN4O3/c1-8-28-21-42(20-27-17-30-24(18-33(27)45-28)10-9-11-31(30)38)19-26-16-25(13-12-22(26)2)34(37(4,5)36(43)44-7)29-14-15-32-35(23(29)3)39-40-41(32)6/h9-18,28,34H,8,19-21H2,1-7H3/t28-,34?/m1/s1. The monoisotopic (exact) mass is 608 g/mol. The van der Waals surface area contributed by atoms with Gasteiger partial charge in [0.15, 0.2) is 0 Å². The summed E-state index contributed by atoms with van der Waals surface area (Å²) in [5.74, 6) is 0.0278. The van der Waals surface area contributed by atoms with Crippen molar-refractivity contribution in [1.29, 1.82) is 0 Å². The van der Waals surface area contributed by atoms with Crippen LogP contribution >= 0.6 is 0 Å². The van der Waals surface area contributed by atoms with E-state index in [0.717, 1.165) is 63.0 Å². The summed E-state index contributed by atoms with van der Waals surface area (Å²) in [7, 11) is 3.32. The average Bonchev–Trinajstić information content (AvgIpc) is 3.31. The number of hydrogen-bond donors (Lipinski definition) is 0. The van der Waals surface area contributed by atoms with E-state index in [4.69, 9.17) is 9.47 Å². The van der Waals surface area contributed by atoms with Crippen molar-refractivity contribution in [2.24, 2.45) is 12.5 Å².